The zero-order chi connectivity index (χ0) is 14.7. The predicted octanol–water partition coefficient (Wildman–Crippen LogP) is 5.05. The van der Waals surface area contributed by atoms with Crippen LogP contribution in [0.4, 0.5) is 0 Å². The molecule has 108 valence electrons. The molecule has 0 fully saturated rings. The fourth-order valence-corrected chi connectivity index (χ4v) is 3.63. The molecule has 0 N–H and O–H groups in total. The van der Waals surface area contributed by atoms with Crippen molar-refractivity contribution in [2.24, 2.45) is 0 Å². The lowest BCUT2D eigenvalue weighted by atomic mass is 10.2. The van der Waals surface area contributed by atoms with Crippen molar-refractivity contribution in [3.05, 3.63) is 44.1 Å². The van der Waals surface area contributed by atoms with Crippen LogP contribution in [-0.4, -0.2) is 9.78 Å². The Morgan fingerprint density at radius 2 is 1.90 bits per heavy atom. The quantitative estimate of drug-likeness (QED) is 0.630. The highest BCUT2D eigenvalue weighted by atomic mass is 79.9. The molecule has 1 aromatic carbocycles. The SMILES string of the molecule is CCn1nc(C)cc1COc1c(Br)cc(CCl)cc1Br. The average Bonchev–Trinajstić information content (AvgIpc) is 2.77. The molecule has 2 rings (SSSR count). The maximum absolute atomic E-state index is 5.91. The molecule has 1 aromatic heterocycles. The molecule has 20 heavy (non-hydrogen) atoms. The van der Waals surface area contributed by atoms with Gasteiger partial charge in [0.05, 0.1) is 20.3 Å². The lowest BCUT2D eigenvalue weighted by Gasteiger charge is -2.12. The molecule has 2 aromatic rings. The number of aromatic nitrogens is 2. The van der Waals surface area contributed by atoms with Gasteiger partial charge in [-0.15, -0.1) is 11.6 Å². The molecule has 3 nitrogen and oxygen atoms in total. The maximum atomic E-state index is 5.91. The molecule has 0 saturated carbocycles. The van der Waals surface area contributed by atoms with Crippen LogP contribution in [0.15, 0.2) is 27.1 Å². The van der Waals surface area contributed by atoms with E-state index < -0.39 is 0 Å². The van der Waals surface area contributed by atoms with Gasteiger partial charge in [0.25, 0.3) is 0 Å². The topological polar surface area (TPSA) is 27.1 Å². The molecule has 0 aliphatic rings. The van der Waals surface area contributed by atoms with Crippen molar-refractivity contribution in [1.82, 2.24) is 9.78 Å². The molecule has 0 unspecified atom stereocenters. The maximum Gasteiger partial charge on any atom is 0.148 e. The van der Waals surface area contributed by atoms with Crippen LogP contribution in [0, 0.1) is 6.92 Å². The molecule has 0 bridgehead atoms. The first-order chi connectivity index (χ1) is 9.55. The van der Waals surface area contributed by atoms with Gasteiger partial charge in [0, 0.05) is 12.4 Å². The molecule has 0 amide bonds. The lowest BCUT2D eigenvalue weighted by Crippen LogP contribution is -2.06. The first-order valence-electron chi connectivity index (χ1n) is 6.25. The Kier molecular flexibility index (Phi) is 5.52. The van der Waals surface area contributed by atoms with E-state index in [9.17, 15) is 0 Å². The van der Waals surface area contributed by atoms with E-state index in [4.69, 9.17) is 16.3 Å². The zero-order valence-electron chi connectivity index (χ0n) is 11.3. The van der Waals surface area contributed by atoms with E-state index in [1.54, 1.807) is 0 Å². The molecule has 0 atom stereocenters. The number of rotatable bonds is 5. The van der Waals surface area contributed by atoms with Crippen LogP contribution >= 0.6 is 43.5 Å². The Labute approximate surface area is 140 Å². The summed E-state index contributed by atoms with van der Waals surface area (Å²) in [6.45, 7) is 5.36. The van der Waals surface area contributed by atoms with Gasteiger partial charge in [0.1, 0.15) is 12.4 Å². The minimum atomic E-state index is 0.472. The first-order valence-corrected chi connectivity index (χ1v) is 8.37. The number of benzene rings is 1. The molecular weight excluding hydrogens is 407 g/mol. The number of nitrogens with zero attached hydrogens (tertiary/aromatic N) is 2. The van der Waals surface area contributed by atoms with E-state index in [2.05, 4.69) is 43.9 Å². The summed E-state index contributed by atoms with van der Waals surface area (Å²) in [4.78, 5) is 0. The summed E-state index contributed by atoms with van der Waals surface area (Å²) in [5.74, 6) is 1.25. The molecular formula is C14H15Br2ClN2O. The molecule has 0 aliphatic carbocycles. The molecule has 6 heteroatoms. The normalized spacial score (nSPS) is 10.8. The Balaban J connectivity index is 2.18. The van der Waals surface area contributed by atoms with Crippen molar-refractivity contribution < 1.29 is 4.74 Å². The number of hydrogen-bond donors (Lipinski definition) is 0. The van der Waals surface area contributed by atoms with Gasteiger partial charge in [0.15, 0.2) is 0 Å². The third-order valence-electron chi connectivity index (χ3n) is 2.86. The predicted molar refractivity (Wildman–Crippen MR) is 88.4 cm³/mol. The van der Waals surface area contributed by atoms with E-state index in [0.717, 1.165) is 38.2 Å². The standard InChI is InChI=1S/C14H15Br2ClN2O/c1-3-19-11(4-9(2)18-19)8-20-14-12(15)5-10(7-17)6-13(14)16/h4-6H,3,7-8H2,1-2H3. The highest BCUT2D eigenvalue weighted by Crippen LogP contribution is 2.35. The monoisotopic (exact) mass is 420 g/mol. The van der Waals surface area contributed by atoms with Gasteiger partial charge in [-0.25, -0.2) is 0 Å². The first kappa shape index (κ1) is 15.9. The smallest absolute Gasteiger partial charge is 0.148 e. The van der Waals surface area contributed by atoms with Crippen LogP contribution in [0.1, 0.15) is 23.9 Å². The minimum Gasteiger partial charge on any atom is -0.485 e. The van der Waals surface area contributed by atoms with Gasteiger partial charge in [-0.1, -0.05) is 0 Å². The van der Waals surface area contributed by atoms with Gasteiger partial charge >= 0.3 is 0 Å². The fraction of sp³-hybridized carbons (Fsp3) is 0.357. The second-order valence-corrected chi connectivity index (χ2v) is 6.38. The molecule has 0 spiro atoms. The average molecular weight is 423 g/mol. The lowest BCUT2D eigenvalue weighted by molar-refractivity contribution is 0.289. The van der Waals surface area contributed by atoms with E-state index in [1.807, 2.05) is 29.8 Å². The number of ether oxygens (including phenoxy) is 1. The molecule has 0 aliphatic heterocycles. The summed E-state index contributed by atoms with van der Waals surface area (Å²) < 4.78 is 9.64. The van der Waals surface area contributed by atoms with E-state index in [0.29, 0.717) is 12.5 Å². The van der Waals surface area contributed by atoms with Crippen molar-refractivity contribution >= 4 is 43.5 Å². The van der Waals surface area contributed by atoms with Crippen molar-refractivity contribution in [3.8, 4) is 5.75 Å². The largest absolute Gasteiger partial charge is 0.485 e. The van der Waals surface area contributed by atoms with Crippen molar-refractivity contribution in [1.29, 1.82) is 0 Å². The van der Waals surface area contributed by atoms with Gasteiger partial charge < -0.3 is 4.74 Å². The highest BCUT2D eigenvalue weighted by Gasteiger charge is 2.11. The number of alkyl halides is 1. The highest BCUT2D eigenvalue weighted by molar-refractivity contribution is 9.11. The summed E-state index contributed by atoms with van der Waals surface area (Å²) in [6, 6.07) is 5.98. The Morgan fingerprint density at radius 3 is 2.45 bits per heavy atom. The van der Waals surface area contributed by atoms with Gasteiger partial charge in [-0.05, 0) is 69.5 Å². The van der Waals surface area contributed by atoms with E-state index in [-0.39, 0.29) is 0 Å². The molecule has 0 radical (unpaired) electrons. The summed E-state index contributed by atoms with van der Waals surface area (Å²) in [7, 11) is 0. The van der Waals surface area contributed by atoms with Crippen LogP contribution in [0.2, 0.25) is 0 Å². The Morgan fingerprint density at radius 1 is 1.25 bits per heavy atom. The fourth-order valence-electron chi connectivity index (χ4n) is 1.96. The molecule has 0 saturated heterocycles. The zero-order valence-corrected chi connectivity index (χ0v) is 15.2. The summed E-state index contributed by atoms with van der Waals surface area (Å²) in [6.07, 6.45) is 0. The summed E-state index contributed by atoms with van der Waals surface area (Å²) >= 11 is 12.9. The molecule has 1 heterocycles. The summed E-state index contributed by atoms with van der Waals surface area (Å²) in [5.41, 5.74) is 3.10. The number of aryl methyl sites for hydroxylation is 2. The second-order valence-electron chi connectivity index (χ2n) is 4.40. The van der Waals surface area contributed by atoms with Crippen LogP contribution in [0.3, 0.4) is 0 Å². The Hall–Kier alpha value is -0.520. The van der Waals surface area contributed by atoms with Gasteiger partial charge in [-0.2, -0.15) is 5.10 Å². The Bertz CT molecular complexity index is 590. The van der Waals surface area contributed by atoms with Gasteiger partial charge in [-0.3, -0.25) is 4.68 Å². The van der Waals surface area contributed by atoms with E-state index >= 15 is 0 Å². The van der Waals surface area contributed by atoms with Crippen LogP contribution < -0.4 is 4.74 Å². The number of hydrogen-bond acceptors (Lipinski definition) is 2. The number of halogens is 3. The van der Waals surface area contributed by atoms with E-state index in [1.165, 1.54) is 0 Å². The van der Waals surface area contributed by atoms with Crippen LogP contribution in [0.5, 0.6) is 5.75 Å². The third-order valence-corrected chi connectivity index (χ3v) is 4.35. The van der Waals surface area contributed by atoms with Crippen LogP contribution in [0.25, 0.3) is 0 Å². The van der Waals surface area contributed by atoms with Gasteiger partial charge in [0.2, 0.25) is 0 Å². The van der Waals surface area contributed by atoms with Crippen molar-refractivity contribution in [3.63, 3.8) is 0 Å². The van der Waals surface area contributed by atoms with Crippen molar-refractivity contribution in [2.45, 2.75) is 32.9 Å². The third kappa shape index (κ3) is 3.57. The van der Waals surface area contributed by atoms with Crippen LogP contribution in [-0.2, 0) is 19.0 Å². The summed E-state index contributed by atoms with van der Waals surface area (Å²) in [5, 5.41) is 4.41. The minimum absolute atomic E-state index is 0.472. The second kappa shape index (κ2) is 6.96. The van der Waals surface area contributed by atoms with Crippen molar-refractivity contribution in [2.75, 3.05) is 0 Å².